The number of benzene rings is 2. The SMILES string of the molecule is Cc1c(C(=O)NCc2ccc(S(C)(=O)=O)cc2)cnn1-c1ccc(Cl)cc1. The molecule has 3 aromatic rings. The number of sulfone groups is 1. The predicted molar refractivity (Wildman–Crippen MR) is 104 cm³/mol. The molecule has 0 aliphatic rings. The summed E-state index contributed by atoms with van der Waals surface area (Å²) in [5.74, 6) is -0.250. The molecule has 0 saturated heterocycles. The van der Waals surface area contributed by atoms with Crippen LogP contribution in [0.3, 0.4) is 0 Å². The first-order valence-corrected chi connectivity index (χ1v) is 10.4. The second kappa shape index (κ2) is 7.54. The lowest BCUT2D eigenvalue weighted by atomic mass is 10.2. The first-order chi connectivity index (χ1) is 12.8. The number of halogens is 1. The number of hydrogen-bond donors (Lipinski definition) is 1. The summed E-state index contributed by atoms with van der Waals surface area (Å²) in [6.07, 6.45) is 2.68. The van der Waals surface area contributed by atoms with E-state index in [1.54, 1.807) is 28.9 Å². The van der Waals surface area contributed by atoms with E-state index >= 15 is 0 Å². The van der Waals surface area contributed by atoms with Gasteiger partial charge in [-0.1, -0.05) is 23.7 Å². The van der Waals surface area contributed by atoms with Gasteiger partial charge in [-0.15, -0.1) is 0 Å². The molecular weight excluding hydrogens is 386 g/mol. The average molecular weight is 404 g/mol. The van der Waals surface area contributed by atoms with E-state index in [-0.39, 0.29) is 17.3 Å². The van der Waals surface area contributed by atoms with Crippen LogP contribution in [-0.4, -0.2) is 30.4 Å². The van der Waals surface area contributed by atoms with Gasteiger partial charge in [-0.25, -0.2) is 13.1 Å². The second-order valence-electron chi connectivity index (χ2n) is 6.13. The number of amides is 1. The van der Waals surface area contributed by atoms with Crippen LogP contribution in [0.1, 0.15) is 21.6 Å². The summed E-state index contributed by atoms with van der Waals surface area (Å²) >= 11 is 5.90. The minimum absolute atomic E-state index is 0.248. The van der Waals surface area contributed by atoms with E-state index in [9.17, 15) is 13.2 Å². The van der Waals surface area contributed by atoms with Crippen molar-refractivity contribution in [2.45, 2.75) is 18.4 Å². The topological polar surface area (TPSA) is 81.1 Å². The Kier molecular flexibility index (Phi) is 5.34. The lowest BCUT2D eigenvalue weighted by Crippen LogP contribution is -2.23. The number of aromatic nitrogens is 2. The van der Waals surface area contributed by atoms with Crippen LogP contribution in [0.4, 0.5) is 0 Å². The van der Waals surface area contributed by atoms with Crippen molar-refractivity contribution in [3.8, 4) is 5.69 Å². The van der Waals surface area contributed by atoms with Crippen molar-refractivity contribution in [3.63, 3.8) is 0 Å². The average Bonchev–Trinajstić information content (AvgIpc) is 3.01. The molecule has 0 radical (unpaired) electrons. The minimum atomic E-state index is -3.23. The van der Waals surface area contributed by atoms with Crippen molar-refractivity contribution in [1.29, 1.82) is 0 Å². The van der Waals surface area contributed by atoms with Crippen molar-refractivity contribution in [2.24, 2.45) is 0 Å². The zero-order valence-corrected chi connectivity index (χ0v) is 16.4. The normalized spacial score (nSPS) is 11.4. The molecule has 1 amide bonds. The first-order valence-electron chi connectivity index (χ1n) is 8.13. The van der Waals surface area contributed by atoms with Crippen molar-refractivity contribution in [1.82, 2.24) is 15.1 Å². The smallest absolute Gasteiger partial charge is 0.255 e. The van der Waals surface area contributed by atoms with Crippen molar-refractivity contribution in [3.05, 3.63) is 76.6 Å². The Morgan fingerprint density at radius 1 is 1.11 bits per heavy atom. The van der Waals surface area contributed by atoms with E-state index in [2.05, 4.69) is 10.4 Å². The molecule has 0 bridgehead atoms. The van der Waals surface area contributed by atoms with Crippen molar-refractivity contribution < 1.29 is 13.2 Å². The van der Waals surface area contributed by atoms with Crippen LogP contribution < -0.4 is 5.32 Å². The molecule has 2 aromatic carbocycles. The van der Waals surface area contributed by atoms with E-state index in [0.29, 0.717) is 16.3 Å². The summed E-state index contributed by atoms with van der Waals surface area (Å²) in [6, 6.07) is 13.6. The second-order valence-corrected chi connectivity index (χ2v) is 8.58. The molecule has 0 spiro atoms. The van der Waals surface area contributed by atoms with Crippen molar-refractivity contribution >= 4 is 27.3 Å². The van der Waals surface area contributed by atoms with E-state index in [0.717, 1.165) is 17.5 Å². The molecule has 27 heavy (non-hydrogen) atoms. The molecule has 0 unspecified atom stereocenters. The highest BCUT2D eigenvalue weighted by molar-refractivity contribution is 7.90. The largest absolute Gasteiger partial charge is 0.348 e. The molecule has 0 atom stereocenters. The van der Waals surface area contributed by atoms with Crippen LogP contribution in [0.2, 0.25) is 5.02 Å². The lowest BCUT2D eigenvalue weighted by Gasteiger charge is -2.07. The van der Waals surface area contributed by atoms with Gasteiger partial charge in [-0.05, 0) is 48.9 Å². The molecule has 1 N–H and O–H groups in total. The van der Waals surface area contributed by atoms with E-state index in [1.807, 2.05) is 19.1 Å². The highest BCUT2D eigenvalue weighted by Gasteiger charge is 2.15. The fourth-order valence-corrected chi connectivity index (χ4v) is 3.36. The van der Waals surface area contributed by atoms with Gasteiger partial charge in [0.05, 0.1) is 28.0 Å². The molecule has 8 heteroatoms. The summed E-state index contributed by atoms with van der Waals surface area (Å²) < 4.78 is 24.6. The van der Waals surface area contributed by atoms with Gasteiger partial charge in [0, 0.05) is 17.8 Å². The van der Waals surface area contributed by atoms with E-state index in [1.165, 1.54) is 18.3 Å². The van der Waals surface area contributed by atoms with Gasteiger partial charge >= 0.3 is 0 Å². The monoisotopic (exact) mass is 403 g/mol. The van der Waals surface area contributed by atoms with Crippen LogP contribution in [0.25, 0.3) is 5.69 Å². The summed E-state index contributed by atoms with van der Waals surface area (Å²) in [5.41, 5.74) is 2.80. The molecular formula is C19H18ClN3O3S. The summed E-state index contributed by atoms with van der Waals surface area (Å²) in [4.78, 5) is 12.7. The number of nitrogens with zero attached hydrogens (tertiary/aromatic N) is 2. The molecule has 0 saturated carbocycles. The van der Waals surface area contributed by atoms with Gasteiger partial charge in [-0.3, -0.25) is 4.79 Å². The molecule has 1 heterocycles. The standard InChI is InChI=1S/C19H18ClN3O3S/c1-13-18(12-22-23(13)16-7-5-15(20)6-8-16)19(24)21-11-14-3-9-17(10-4-14)27(2,25)26/h3-10,12H,11H2,1-2H3,(H,21,24). The Bertz CT molecular complexity index is 1070. The highest BCUT2D eigenvalue weighted by atomic mass is 35.5. The molecule has 6 nitrogen and oxygen atoms in total. The summed E-state index contributed by atoms with van der Waals surface area (Å²) in [7, 11) is -3.23. The van der Waals surface area contributed by atoms with Crippen LogP contribution in [0, 0.1) is 6.92 Å². The van der Waals surface area contributed by atoms with Gasteiger partial charge in [-0.2, -0.15) is 5.10 Å². The third-order valence-corrected chi connectivity index (χ3v) is 5.51. The highest BCUT2D eigenvalue weighted by Crippen LogP contribution is 2.17. The number of rotatable bonds is 5. The van der Waals surface area contributed by atoms with Gasteiger partial charge in [0.15, 0.2) is 9.84 Å². The van der Waals surface area contributed by atoms with E-state index < -0.39 is 9.84 Å². The third-order valence-electron chi connectivity index (χ3n) is 4.13. The molecule has 0 aliphatic carbocycles. The molecule has 140 valence electrons. The third kappa shape index (κ3) is 4.37. The minimum Gasteiger partial charge on any atom is -0.348 e. The zero-order valence-electron chi connectivity index (χ0n) is 14.8. The molecule has 3 rings (SSSR count). The molecule has 0 aliphatic heterocycles. The Balaban J connectivity index is 1.71. The maximum atomic E-state index is 12.5. The van der Waals surface area contributed by atoms with E-state index in [4.69, 9.17) is 11.6 Å². The number of hydrogen-bond acceptors (Lipinski definition) is 4. The maximum Gasteiger partial charge on any atom is 0.255 e. The Morgan fingerprint density at radius 3 is 2.33 bits per heavy atom. The van der Waals surface area contributed by atoms with Gasteiger partial charge in [0.25, 0.3) is 5.91 Å². The van der Waals surface area contributed by atoms with Crippen LogP contribution in [-0.2, 0) is 16.4 Å². The van der Waals surface area contributed by atoms with Gasteiger partial charge < -0.3 is 5.32 Å². The van der Waals surface area contributed by atoms with Crippen LogP contribution in [0.15, 0.2) is 59.6 Å². The number of nitrogens with one attached hydrogen (secondary N) is 1. The first kappa shape index (κ1) is 19.1. The summed E-state index contributed by atoms with van der Waals surface area (Å²) in [5, 5.41) is 7.73. The van der Waals surface area contributed by atoms with Gasteiger partial charge in [0.1, 0.15) is 0 Å². The Morgan fingerprint density at radius 2 is 1.74 bits per heavy atom. The Hall–Kier alpha value is -2.64. The fourth-order valence-electron chi connectivity index (χ4n) is 2.61. The van der Waals surface area contributed by atoms with Crippen LogP contribution in [0.5, 0.6) is 0 Å². The Labute approximate surface area is 162 Å². The zero-order chi connectivity index (χ0) is 19.6. The summed E-state index contributed by atoms with van der Waals surface area (Å²) in [6.45, 7) is 2.10. The lowest BCUT2D eigenvalue weighted by molar-refractivity contribution is 0.0950. The predicted octanol–water partition coefficient (Wildman–Crippen LogP) is 3.17. The van der Waals surface area contributed by atoms with Gasteiger partial charge in [0.2, 0.25) is 0 Å². The molecule has 0 fully saturated rings. The fraction of sp³-hybridized carbons (Fsp3) is 0.158. The molecule has 1 aromatic heterocycles. The number of carbonyl (C=O) groups is 1. The quantitative estimate of drug-likeness (QED) is 0.709. The number of carbonyl (C=O) groups excluding carboxylic acids is 1. The van der Waals surface area contributed by atoms with Crippen molar-refractivity contribution in [2.75, 3.05) is 6.26 Å². The van der Waals surface area contributed by atoms with Crippen LogP contribution >= 0.6 is 11.6 Å². The maximum absolute atomic E-state index is 12.5.